The Labute approximate surface area is 442 Å². The molecule has 0 spiro atoms. The van der Waals surface area contributed by atoms with E-state index < -0.39 is 12.1 Å². The second kappa shape index (κ2) is 60.4. The summed E-state index contributed by atoms with van der Waals surface area (Å²) in [4.78, 5) is 24.5. The molecule has 0 aliphatic carbocycles. The maximum Gasteiger partial charge on any atom is 0.305 e. The summed E-state index contributed by atoms with van der Waals surface area (Å²) in [5, 5.41) is 23.1. The molecule has 6 nitrogen and oxygen atoms in total. The van der Waals surface area contributed by atoms with Crippen molar-refractivity contribution < 1.29 is 24.5 Å². The Morgan fingerprint density at radius 2 is 0.704 bits per heavy atom. The van der Waals surface area contributed by atoms with Gasteiger partial charge in [-0.05, 0) is 89.9 Å². The molecule has 0 aromatic carbocycles. The molecule has 0 aliphatic rings. The van der Waals surface area contributed by atoms with Crippen LogP contribution in [0.1, 0.15) is 328 Å². The number of carbonyl (C=O) groups is 2. The van der Waals surface area contributed by atoms with Gasteiger partial charge < -0.3 is 20.3 Å². The lowest BCUT2D eigenvalue weighted by Crippen LogP contribution is -2.45. The van der Waals surface area contributed by atoms with E-state index in [0.717, 1.165) is 57.8 Å². The van der Waals surface area contributed by atoms with Gasteiger partial charge in [0, 0.05) is 12.8 Å². The van der Waals surface area contributed by atoms with Crippen molar-refractivity contribution in [2.45, 2.75) is 341 Å². The second-order valence-corrected chi connectivity index (χ2v) is 21.4. The van der Waals surface area contributed by atoms with Crippen LogP contribution in [0, 0.1) is 0 Å². The van der Waals surface area contributed by atoms with Gasteiger partial charge in [-0.1, -0.05) is 274 Å². The van der Waals surface area contributed by atoms with Crippen molar-refractivity contribution in [1.82, 2.24) is 5.32 Å². The van der Waals surface area contributed by atoms with E-state index in [1.165, 1.54) is 244 Å². The summed E-state index contributed by atoms with van der Waals surface area (Å²) in [5.74, 6) is -0.0753. The molecule has 0 heterocycles. The third-order valence-corrected chi connectivity index (χ3v) is 14.3. The fraction of sp³-hybridized carbons (Fsp3) is 0.846. The third-order valence-electron chi connectivity index (χ3n) is 14.3. The number of aliphatic hydroxyl groups excluding tert-OH is 2. The van der Waals surface area contributed by atoms with Gasteiger partial charge >= 0.3 is 5.97 Å². The van der Waals surface area contributed by atoms with Gasteiger partial charge in [-0.15, -0.1) is 0 Å². The minimum absolute atomic E-state index is 0.0000228. The van der Waals surface area contributed by atoms with E-state index in [9.17, 15) is 19.8 Å². The van der Waals surface area contributed by atoms with E-state index in [1.807, 2.05) is 6.08 Å². The number of carbonyl (C=O) groups excluding carboxylic acids is 2. The normalized spacial score (nSPS) is 12.9. The number of ether oxygens (including phenoxy) is 1. The Balaban J connectivity index is 3.44. The van der Waals surface area contributed by atoms with Crippen LogP contribution in [0.2, 0.25) is 0 Å². The van der Waals surface area contributed by atoms with Crippen molar-refractivity contribution in [2.75, 3.05) is 13.2 Å². The van der Waals surface area contributed by atoms with Crippen LogP contribution >= 0.6 is 0 Å². The minimum atomic E-state index is -0.850. The van der Waals surface area contributed by atoms with Gasteiger partial charge in [0.05, 0.1) is 25.4 Å². The smallest absolute Gasteiger partial charge is 0.305 e. The van der Waals surface area contributed by atoms with E-state index in [-0.39, 0.29) is 18.5 Å². The average molecular weight is 997 g/mol. The summed E-state index contributed by atoms with van der Waals surface area (Å²) in [7, 11) is 0. The lowest BCUT2D eigenvalue weighted by Gasteiger charge is -2.20. The van der Waals surface area contributed by atoms with Gasteiger partial charge in [0.1, 0.15) is 0 Å². The molecule has 0 saturated heterocycles. The summed E-state index contributed by atoms with van der Waals surface area (Å²) in [6.07, 6.45) is 77.2. The van der Waals surface area contributed by atoms with Gasteiger partial charge in [0.25, 0.3) is 0 Å². The number of nitrogens with one attached hydrogen (secondary N) is 1. The number of esters is 1. The lowest BCUT2D eigenvalue weighted by molar-refractivity contribution is -0.143. The molecule has 0 bridgehead atoms. The highest BCUT2D eigenvalue weighted by Crippen LogP contribution is 2.16. The van der Waals surface area contributed by atoms with Gasteiger partial charge in [-0.25, -0.2) is 0 Å². The van der Waals surface area contributed by atoms with Crippen LogP contribution in [0.15, 0.2) is 48.6 Å². The molecule has 0 rings (SSSR count). The third kappa shape index (κ3) is 57.0. The monoisotopic (exact) mass is 996 g/mol. The highest BCUT2D eigenvalue weighted by atomic mass is 16.5. The first kappa shape index (κ1) is 68.8. The number of unbranched alkanes of at least 4 members (excludes halogenated alkanes) is 41. The second-order valence-electron chi connectivity index (χ2n) is 21.4. The topological polar surface area (TPSA) is 95.9 Å². The summed E-state index contributed by atoms with van der Waals surface area (Å²) < 4.78 is 5.49. The number of hydrogen-bond acceptors (Lipinski definition) is 5. The Morgan fingerprint density at radius 3 is 1.10 bits per heavy atom. The van der Waals surface area contributed by atoms with Crippen LogP contribution in [0.5, 0.6) is 0 Å². The zero-order valence-electron chi connectivity index (χ0n) is 47.5. The van der Waals surface area contributed by atoms with Gasteiger partial charge in [-0.3, -0.25) is 9.59 Å². The number of allylic oxidation sites excluding steroid dienone is 7. The predicted octanol–water partition coefficient (Wildman–Crippen LogP) is 19.7. The molecule has 2 unspecified atom stereocenters. The predicted molar refractivity (Wildman–Crippen MR) is 310 cm³/mol. The minimum Gasteiger partial charge on any atom is -0.466 e. The Morgan fingerprint density at radius 1 is 0.394 bits per heavy atom. The molecule has 416 valence electrons. The molecular formula is C65H121NO5. The zero-order valence-corrected chi connectivity index (χ0v) is 47.5. The highest BCUT2D eigenvalue weighted by molar-refractivity contribution is 5.76. The van der Waals surface area contributed by atoms with E-state index in [2.05, 4.69) is 55.6 Å². The van der Waals surface area contributed by atoms with E-state index >= 15 is 0 Å². The molecule has 0 fully saturated rings. The number of hydrogen-bond donors (Lipinski definition) is 3. The first-order valence-corrected chi connectivity index (χ1v) is 31.4. The van der Waals surface area contributed by atoms with Crippen molar-refractivity contribution in [3.8, 4) is 0 Å². The Bertz CT molecular complexity index is 1190. The molecule has 0 aliphatic heterocycles. The van der Waals surface area contributed by atoms with E-state index in [0.29, 0.717) is 19.4 Å². The van der Waals surface area contributed by atoms with Crippen LogP contribution in [-0.4, -0.2) is 47.4 Å². The molecule has 0 aromatic heterocycles. The van der Waals surface area contributed by atoms with Gasteiger partial charge in [0.15, 0.2) is 0 Å². The van der Waals surface area contributed by atoms with Crippen molar-refractivity contribution in [1.29, 1.82) is 0 Å². The molecule has 2 atom stereocenters. The first-order chi connectivity index (χ1) is 35.0. The van der Waals surface area contributed by atoms with Crippen molar-refractivity contribution >= 4 is 11.9 Å². The van der Waals surface area contributed by atoms with Crippen molar-refractivity contribution in [2.24, 2.45) is 0 Å². The number of aliphatic hydroxyl groups is 2. The van der Waals surface area contributed by atoms with Gasteiger partial charge in [-0.2, -0.15) is 0 Å². The molecule has 0 radical (unpaired) electrons. The van der Waals surface area contributed by atoms with Crippen LogP contribution in [0.3, 0.4) is 0 Å². The van der Waals surface area contributed by atoms with Crippen LogP contribution < -0.4 is 5.32 Å². The zero-order chi connectivity index (χ0) is 51.4. The maximum atomic E-state index is 12.5. The fourth-order valence-electron chi connectivity index (χ4n) is 9.48. The molecule has 3 N–H and O–H groups in total. The van der Waals surface area contributed by atoms with Crippen LogP contribution in [-0.2, 0) is 14.3 Å². The van der Waals surface area contributed by atoms with E-state index in [4.69, 9.17) is 4.74 Å². The largest absolute Gasteiger partial charge is 0.466 e. The molecule has 71 heavy (non-hydrogen) atoms. The van der Waals surface area contributed by atoms with E-state index in [1.54, 1.807) is 6.08 Å². The lowest BCUT2D eigenvalue weighted by atomic mass is 10.0. The Hall–Kier alpha value is -2.18. The molecular weight excluding hydrogens is 875 g/mol. The summed E-state index contributed by atoms with van der Waals surface area (Å²) in [5.41, 5.74) is 0. The van der Waals surface area contributed by atoms with Gasteiger partial charge in [0.2, 0.25) is 5.91 Å². The molecule has 1 amide bonds. The summed E-state index contributed by atoms with van der Waals surface area (Å²) >= 11 is 0. The van der Waals surface area contributed by atoms with Crippen molar-refractivity contribution in [3.63, 3.8) is 0 Å². The van der Waals surface area contributed by atoms with Crippen LogP contribution in [0.25, 0.3) is 0 Å². The molecule has 6 heteroatoms. The molecule has 0 aromatic rings. The maximum absolute atomic E-state index is 12.5. The molecule has 0 saturated carbocycles. The fourth-order valence-corrected chi connectivity index (χ4v) is 9.48. The first-order valence-electron chi connectivity index (χ1n) is 31.4. The summed E-state index contributed by atoms with van der Waals surface area (Å²) in [6.45, 7) is 4.88. The van der Waals surface area contributed by atoms with Crippen LogP contribution in [0.4, 0.5) is 0 Å². The quantitative estimate of drug-likeness (QED) is 0.0321. The Kier molecular flexibility index (Phi) is 58.5. The SMILES string of the molecule is CCCCCC/C=C\C/C=C\CCCCCCCCCC(=O)OCCCCCCCCCCCC/C=C\CCCCCCCCCC(=O)NC(CO)C(O)/C=C/CCCCCCCCCCCCCCC. The number of rotatable bonds is 58. The number of amides is 1. The highest BCUT2D eigenvalue weighted by Gasteiger charge is 2.18. The summed E-state index contributed by atoms with van der Waals surface area (Å²) in [6, 6.07) is -0.634. The van der Waals surface area contributed by atoms with Crippen molar-refractivity contribution in [3.05, 3.63) is 48.6 Å². The average Bonchev–Trinajstić information content (AvgIpc) is 3.37. The standard InChI is InChI=1S/C65H121NO5/c1-3-5-7-9-11-13-15-17-19-20-27-31-35-39-43-47-51-55-59-65(70)71-60-56-52-48-44-40-36-32-28-25-23-21-22-24-26-30-34-38-42-46-50-54-58-64(69)66-62(61-67)63(68)57-53-49-45-41-37-33-29-18-16-14-12-10-8-6-4-2/h13,15,19-20,22,24,53,57,62-63,67-68H,3-12,14,16-18,21,23,25-52,54-56,58-61H2,1-2H3,(H,66,69)/b15-13-,20-19-,24-22-,57-53+.